The van der Waals surface area contributed by atoms with Crippen molar-refractivity contribution < 1.29 is 18.3 Å². The molecular formula is C12H19NO4S. The summed E-state index contributed by atoms with van der Waals surface area (Å²) >= 11 is 0. The van der Waals surface area contributed by atoms with Gasteiger partial charge in [0.25, 0.3) is 0 Å². The van der Waals surface area contributed by atoms with Crippen molar-refractivity contribution in [3.05, 3.63) is 24.3 Å². The van der Waals surface area contributed by atoms with E-state index in [9.17, 15) is 8.42 Å². The van der Waals surface area contributed by atoms with Crippen LogP contribution in [0, 0.1) is 0 Å². The lowest BCUT2D eigenvalue weighted by Crippen LogP contribution is -2.29. The summed E-state index contributed by atoms with van der Waals surface area (Å²) in [6.45, 7) is 3.82. The molecule has 0 saturated carbocycles. The molecule has 0 spiro atoms. The van der Waals surface area contributed by atoms with E-state index in [-0.39, 0.29) is 6.61 Å². The van der Waals surface area contributed by atoms with Crippen molar-refractivity contribution in [2.24, 2.45) is 0 Å². The molecule has 18 heavy (non-hydrogen) atoms. The third-order valence-corrected chi connectivity index (χ3v) is 2.87. The van der Waals surface area contributed by atoms with Gasteiger partial charge in [0, 0.05) is 18.7 Å². The zero-order valence-electron chi connectivity index (χ0n) is 10.8. The molecule has 0 atom stereocenters. The van der Waals surface area contributed by atoms with Crippen molar-refractivity contribution in [2.45, 2.75) is 25.9 Å². The van der Waals surface area contributed by atoms with Gasteiger partial charge in [0.05, 0.1) is 6.26 Å². The second-order valence-electron chi connectivity index (χ2n) is 4.73. The van der Waals surface area contributed by atoms with Gasteiger partial charge in [0.2, 0.25) is 10.0 Å². The molecule has 0 amide bonds. The molecule has 0 radical (unpaired) electrons. The Bertz CT molecular complexity index is 479. The highest BCUT2D eigenvalue weighted by Gasteiger charge is 2.18. The van der Waals surface area contributed by atoms with Crippen molar-refractivity contribution in [2.75, 3.05) is 17.6 Å². The van der Waals surface area contributed by atoms with Crippen LogP contribution in [0.1, 0.15) is 20.3 Å². The Labute approximate surface area is 108 Å². The molecule has 0 unspecified atom stereocenters. The fraction of sp³-hybridized carbons (Fsp3) is 0.500. The van der Waals surface area contributed by atoms with E-state index >= 15 is 0 Å². The molecule has 1 aromatic carbocycles. The van der Waals surface area contributed by atoms with Crippen molar-refractivity contribution in [3.63, 3.8) is 0 Å². The normalized spacial score (nSPS) is 12.2. The summed E-state index contributed by atoms with van der Waals surface area (Å²) in [4.78, 5) is 0. The van der Waals surface area contributed by atoms with Crippen molar-refractivity contribution in [1.29, 1.82) is 0 Å². The van der Waals surface area contributed by atoms with Crippen LogP contribution in [-0.2, 0) is 10.0 Å². The quantitative estimate of drug-likeness (QED) is 0.825. The highest BCUT2D eigenvalue weighted by atomic mass is 32.2. The third kappa shape index (κ3) is 5.37. The number of ether oxygens (including phenoxy) is 1. The van der Waals surface area contributed by atoms with E-state index in [1.807, 2.05) is 13.8 Å². The van der Waals surface area contributed by atoms with Crippen LogP contribution in [0.4, 0.5) is 5.69 Å². The minimum Gasteiger partial charge on any atom is -0.488 e. The highest BCUT2D eigenvalue weighted by molar-refractivity contribution is 7.92. The number of hydrogen-bond donors (Lipinski definition) is 2. The van der Waals surface area contributed by atoms with Gasteiger partial charge in [-0.2, -0.15) is 0 Å². The summed E-state index contributed by atoms with van der Waals surface area (Å²) in [7, 11) is -3.26. The fourth-order valence-corrected chi connectivity index (χ4v) is 2.01. The molecule has 0 heterocycles. The van der Waals surface area contributed by atoms with Gasteiger partial charge < -0.3 is 9.84 Å². The molecule has 0 aliphatic heterocycles. The maximum absolute atomic E-state index is 11.0. The molecule has 0 saturated heterocycles. The van der Waals surface area contributed by atoms with E-state index in [2.05, 4.69) is 4.72 Å². The highest BCUT2D eigenvalue weighted by Crippen LogP contribution is 2.22. The van der Waals surface area contributed by atoms with E-state index in [1.54, 1.807) is 24.3 Å². The number of aliphatic hydroxyl groups is 1. The number of aliphatic hydroxyl groups excluding tert-OH is 1. The second kappa shape index (κ2) is 5.58. The maximum Gasteiger partial charge on any atom is 0.229 e. The first kappa shape index (κ1) is 14.8. The Balaban J connectivity index is 2.72. The molecule has 0 bridgehead atoms. The number of hydrogen-bond acceptors (Lipinski definition) is 4. The predicted molar refractivity (Wildman–Crippen MR) is 71.3 cm³/mol. The minimum atomic E-state index is -3.26. The molecule has 0 aliphatic rings. The molecule has 1 aromatic rings. The molecule has 0 aromatic heterocycles. The standard InChI is InChI=1S/C12H19NO4S/c1-12(2,8-9-14)17-11-6-4-10(5-7-11)13-18(3,15)16/h4-7,13-14H,8-9H2,1-3H3. The zero-order chi connectivity index (χ0) is 13.8. The first-order chi connectivity index (χ1) is 8.22. The summed E-state index contributed by atoms with van der Waals surface area (Å²) in [5.41, 5.74) is 0.0328. The van der Waals surface area contributed by atoms with Crippen LogP contribution >= 0.6 is 0 Å². The van der Waals surface area contributed by atoms with Gasteiger partial charge in [0.15, 0.2) is 0 Å². The molecule has 5 nitrogen and oxygen atoms in total. The van der Waals surface area contributed by atoms with Gasteiger partial charge in [-0.1, -0.05) is 0 Å². The van der Waals surface area contributed by atoms with Gasteiger partial charge >= 0.3 is 0 Å². The average Bonchev–Trinajstić information content (AvgIpc) is 2.18. The van der Waals surface area contributed by atoms with Crippen LogP contribution in [0.5, 0.6) is 5.75 Å². The van der Waals surface area contributed by atoms with Gasteiger partial charge in [-0.3, -0.25) is 4.72 Å². The lowest BCUT2D eigenvalue weighted by molar-refractivity contribution is 0.0765. The minimum absolute atomic E-state index is 0.0563. The van der Waals surface area contributed by atoms with E-state index in [1.165, 1.54) is 0 Å². The number of rotatable bonds is 6. The number of sulfonamides is 1. The van der Waals surface area contributed by atoms with Crippen LogP contribution < -0.4 is 9.46 Å². The van der Waals surface area contributed by atoms with Crippen molar-refractivity contribution >= 4 is 15.7 Å². The van der Waals surface area contributed by atoms with Gasteiger partial charge in [-0.25, -0.2) is 8.42 Å². The first-order valence-electron chi connectivity index (χ1n) is 5.60. The molecular weight excluding hydrogens is 254 g/mol. The predicted octanol–water partition coefficient (Wildman–Crippen LogP) is 1.60. The number of benzene rings is 1. The van der Waals surface area contributed by atoms with E-state index in [4.69, 9.17) is 9.84 Å². The average molecular weight is 273 g/mol. The Morgan fingerprint density at radius 3 is 2.28 bits per heavy atom. The van der Waals surface area contributed by atoms with Crippen LogP contribution in [0.25, 0.3) is 0 Å². The van der Waals surface area contributed by atoms with Gasteiger partial charge in [-0.15, -0.1) is 0 Å². The lowest BCUT2D eigenvalue weighted by Gasteiger charge is -2.25. The van der Waals surface area contributed by atoms with Crippen LogP contribution in [-0.4, -0.2) is 32.0 Å². The Kier molecular flexibility index (Phi) is 4.59. The van der Waals surface area contributed by atoms with Gasteiger partial charge in [0.1, 0.15) is 11.4 Å². The van der Waals surface area contributed by atoms with E-state index in [0.717, 1.165) is 6.26 Å². The van der Waals surface area contributed by atoms with E-state index < -0.39 is 15.6 Å². The third-order valence-electron chi connectivity index (χ3n) is 2.27. The zero-order valence-corrected chi connectivity index (χ0v) is 11.6. The summed E-state index contributed by atoms with van der Waals surface area (Å²) in [6.07, 6.45) is 1.62. The second-order valence-corrected chi connectivity index (χ2v) is 6.48. The smallest absolute Gasteiger partial charge is 0.229 e. The van der Waals surface area contributed by atoms with Gasteiger partial charge in [-0.05, 0) is 38.1 Å². The van der Waals surface area contributed by atoms with E-state index in [0.29, 0.717) is 17.9 Å². The molecule has 6 heteroatoms. The summed E-state index contributed by atoms with van der Waals surface area (Å²) in [6, 6.07) is 6.64. The Hall–Kier alpha value is -1.27. The topological polar surface area (TPSA) is 75.6 Å². The largest absolute Gasteiger partial charge is 0.488 e. The monoisotopic (exact) mass is 273 g/mol. The Morgan fingerprint density at radius 2 is 1.83 bits per heavy atom. The van der Waals surface area contributed by atoms with Crippen LogP contribution in [0.15, 0.2) is 24.3 Å². The van der Waals surface area contributed by atoms with Crippen molar-refractivity contribution in [3.8, 4) is 5.75 Å². The lowest BCUT2D eigenvalue weighted by atomic mass is 10.1. The van der Waals surface area contributed by atoms with Crippen LogP contribution in [0.2, 0.25) is 0 Å². The fourth-order valence-electron chi connectivity index (χ4n) is 1.44. The molecule has 2 N–H and O–H groups in total. The number of anilines is 1. The molecule has 102 valence electrons. The molecule has 0 aliphatic carbocycles. The Morgan fingerprint density at radius 1 is 1.28 bits per heavy atom. The molecule has 0 fully saturated rings. The summed E-state index contributed by atoms with van der Waals surface area (Å²) in [5.74, 6) is 0.632. The SMILES string of the molecule is CC(C)(CCO)Oc1ccc(NS(C)(=O)=O)cc1. The first-order valence-corrected chi connectivity index (χ1v) is 7.49. The summed E-state index contributed by atoms with van der Waals surface area (Å²) < 4.78 is 30.1. The maximum atomic E-state index is 11.0. The summed E-state index contributed by atoms with van der Waals surface area (Å²) in [5, 5.41) is 8.89. The number of nitrogens with one attached hydrogen (secondary N) is 1. The van der Waals surface area contributed by atoms with Crippen LogP contribution in [0.3, 0.4) is 0 Å². The van der Waals surface area contributed by atoms with Crippen molar-refractivity contribution in [1.82, 2.24) is 0 Å². The molecule has 1 rings (SSSR count).